The Morgan fingerprint density at radius 1 is 1.54 bits per heavy atom. The average Bonchev–Trinajstić information content (AvgIpc) is 2.71. The Kier molecular flexibility index (Phi) is 2.22. The van der Waals surface area contributed by atoms with Crippen LogP contribution in [0.2, 0.25) is 0 Å². The molecule has 2 rings (SSSR count). The molecular formula is C7H8N4OS. The minimum Gasteiger partial charge on any atom is -0.465 e. The maximum atomic E-state index is 5.36. The van der Waals surface area contributed by atoms with Gasteiger partial charge in [0, 0.05) is 11.5 Å². The molecule has 68 valence electrons. The summed E-state index contributed by atoms with van der Waals surface area (Å²) in [6.45, 7) is 2.53. The van der Waals surface area contributed by atoms with Crippen molar-refractivity contribution in [1.82, 2.24) is 14.8 Å². The third-order valence-electron chi connectivity index (χ3n) is 1.51. The first-order valence-electron chi connectivity index (χ1n) is 3.79. The number of rotatable bonds is 3. The van der Waals surface area contributed by atoms with Crippen LogP contribution in [0, 0.1) is 6.92 Å². The van der Waals surface area contributed by atoms with Gasteiger partial charge in [0.25, 0.3) is 0 Å². The van der Waals surface area contributed by atoms with Gasteiger partial charge in [-0.25, -0.2) is 0 Å². The number of nitrogens with zero attached hydrogens (tertiary/aromatic N) is 3. The lowest BCUT2D eigenvalue weighted by atomic mass is 10.4. The maximum Gasteiger partial charge on any atom is 0.225 e. The molecule has 0 spiro atoms. The minimum absolute atomic E-state index is 0.616. The normalized spacial score (nSPS) is 10.2. The number of hydrogen-bond acceptors (Lipinski definition) is 6. The molecule has 0 radical (unpaired) electrons. The highest BCUT2D eigenvalue weighted by Gasteiger charge is 2.00. The molecule has 0 amide bonds. The van der Waals surface area contributed by atoms with Gasteiger partial charge in [-0.15, -0.1) is 0 Å². The fourth-order valence-corrected chi connectivity index (χ4v) is 1.30. The molecule has 2 heterocycles. The van der Waals surface area contributed by atoms with Crippen LogP contribution in [0.3, 0.4) is 0 Å². The summed E-state index contributed by atoms with van der Waals surface area (Å²) < 4.78 is 8.98. The molecule has 1 N–H and O–H groups in total. The Labute approximate surface area is 78.9 Å². The van der Waals surface area contributed by atoms with E-state index in [9.17, 15) is 0 Å². The SMILES string of the molecule is Cc1ccc(CNc2nnns2)o1. The van der Waals surface area contributed by atoms with Crippen molar-refractivity contribution in [2.24, 2.45) is 0 Å². The topological polar surface area (TPSA) is 63.8 Å². The smallest absolute Gasteiger partial charge is 0.225 e. The second-order valence-electron chi connectivity index (χ2n) is 2.53. The number of anilines is 1. The molecule has 0 saturated heterocycles. The van der Waals surface area contributed by atoms with Crippen LogP contribution in [-0.4, -0.2) is 14.8 Å². The Bertz CT molecular complexity index is 370. The van der Waals surface area contributed by atoms with E-state index in [1.54, 1.807) is 0 Å². The number of aryl methyl sites for hydroxylation is 1. The summed E-state index contributed by atoms with van der Waals surface area (Å²) in [5, 5.41) is 11.0. The largest absolute Gasteiger partial charge is 0.465 e. The van der Waals surface area contributed by atoms with E-state index >= 15 is 0 Å². The van der Waals surface area contributed by atoms with E-state index in [1.165, 1.54) is 11.5 Å². The standard InChI is InChI=1S/C7H8N4OS/c1-5-2-3-6(12-5)4-8-7-9-10-11-13-7/h2-3H,4H2,1H3,(H,8,9,11). The summed E-state index contributed by atoms with van der Waals surface area (Å²) in [7, 11) is 0. The second kappa shape index (κ2) is 3.53. The Balaban J connectivity index is 1.93. The highest BCUT2D eigenvalue weighted by molar-refractivity contribution is 7.09. The zero-order valence-electron chi connectivity index (χ0n) is 7.02. The first-order chi connectivity index (χ1) is 6.34. The van der Waals surface area contributed by atoms with Gasteiger partial charge in [0.2, 0.25) is 5.13 Å². The molecule has 13 heavy (non-hydrogen) atoms. The van der Waals surface area contributed by atoms with Gasteiger partial charge in [-0.2, -0.15) is 0 Å². The summed E-state index contributed by atoms with van der Waals surface area (Å²) in [5.74, 6) is 1.79. The van der Waals surface area contributed by atoms with Crippen molar-refractivity contribution in [2.45, 2.75) is 13.5 Å². The van der Waals surface area contributed by atoms with Crippen LogP contribution in [-0.2, 0) is 6.54 Å². The first-order valence-corrected chi connectivity index (χ1v) is 4.56. The average molecular weight is 196 g/mol. The molecule has 2 aromatic rings. The maximum absolute atomic E-state index is 5.36. The number of nitrogens with one attached hydrogen (secondary N) is 1. The van der Waals surface area contributed by atoms with E-state index in [0.717, 1.165) is 11.5 Å². The monoisotopic (exact) mass is 196 g/mol. The van der Waals surface area contributed by atoms with Gasteiger partial charge in [-0.1, -0.05) is 9.59 Å². The molecule has 0 aliphatic heterocycles. The number of aromatic nitrogens is 3. The van der Waals surface area contributed by atoms with Crippen molar-refractivity contribution in [3.05, 3.63) is 23.7 Å². The lowest BCUT2D eigenvalue weighted by molar-refractivity contribution is 0.490. The molecule has 5 nitrogen and oxygen atoms in total. The van der Waals surface area contributed by atoms with Crippen molar-refractivity contribution in [3.8, 4) is 0 Å². The Hall–Kier alpha value is -1.43. The van der Waals surface area contributed by atoms with Gasteiger partial charge in [-0.05, 0) is 24.3 Å². The van der Waals surface area contributed by atoms with E-state index in [2.05, 4.69) is 20.1 Å². The van der Waals surface area contributed by atoms with E-state index in [4.69, 9.17) is 4.42 Å². The number of hydrogen-bond donors (Lipinski definition) is 1. The van der Waals surface area contributed by atoms with E-state index in [0.29, 0.717) is 11.7 Å². The molecule has 0 aliphatic carbocycles. The van der Waals surface area contributed by atoms with Crippen molar-refractivity contribution in [1.29, 1.82) is 0 Å². The third-order valence-corrected chi connectivity index (χ3v) is 2.06. The van der Waals surface area contributed by atoms with Crippen LogP contribution in [0.25, 0.3) is 0 Å². The molecular weight excluding hydrogens is 188 g/mol. The van der Waals surface area contributed by atoms with Crippen LogP contribution in [0.1, 0.15) is 11.5 Å². The molecule has 0 saturated carbocycles. The van der Waals surface area contributed by atoms with E-state index in [1.807, 2.05) is 19.1 Å². The minimum atomic E-state index is 0.616. The predicted molar refractivity (Wildman–Crippen MR) is 48.5 cm³/mol. The Morgan fingerprint density at radius 3 is 3.08 bits per heavy atom. The summed E-state index contributed by atoms with van der Waals surface area (Å²) in [6.07, 6.45) is 0. The van der Waals surface area contributed by atoms with Crippen LogP contribution >= 0.6 is 11.5 Å². The highest BCUT2D eigenvalue weighted by Crippen LogP contribution is 2.10. The van der Waals surface area contributed by atoms with Crippen LogP contribution in [0.15, 0.2) is 16.5 Å². The van der Waals surface area contributed by atoms with Crippen molar-refractivity contribution in [2.75, 3.05) is 5.32 Å². The molecule has 0 unspecified atom stereocenters. The quantitative estimate of drug-likeness (QED) is 0.804. The zero-order chi connectivity index (χ0) is 9.10. The van der Waals surface area contributed by atoms with Gasteiger partial charge >= 0.3 is 0 Å². The van der Waals surface area contributed by atoms with Crippen LogP contribution < -0.4 is 5.32 Å². The molecule has 0 bridgehead atoms. The third kappa shape index (κ3) is 2.03. The van der Waals surface area contributed by atoms with Gasteiger partial charge in [0.05, 0.1) is 6.54 Å². The predicted octanol–water partition coefficient (Wildman–Crippen LogP) is 1.45. The van der Waals surface area contributed by atoms with Gasteiger partial charge in [-0.3, -0.25) is 0 Å². The van der Waals surface area contributed by atoms with Crippen LogP contribution in [0.4, 0.5) is 5.13 Å². The van der Waals surface area contributed by atoms with Gasteiger partial charge in [0.1, 0.15) is 11.5 Å². The molecule has 0 atom stereocenters. The molecule has 6 heteroatoms. The Morgan fingerprint density at radius 2 is 2.46 bits per heavy atom. The fourth-order valence-electron chi connectivity index (χ4n) is 0.945. The van der Waals surface area contributed by atoms with Crippen LogP contribution in [0.5, 0.6) is 0 Å². The zero-order valence-corrected chi connectivity index (χ0v) is 7.84. The van der Waals surface area contributed by atoms with Crippen molar-refractivity contribution < 1.29 is 4.42 Å². The summed E-state index contributed by atoms with van der Waals surface area (Å²) in [4.78, 5) is 0. The summed E-state index contributed by atoms with van der Waals surface area (Å²) in [5.41, 5.74) is 0. The highest BCUT2D eigenvalue weighted by atomic mass is 32.1. The fraction of sp³-hybridized carbons (Fsp3) is 0.286. The van der Waals surface area contributed by atoms with Crippen molar-refractivity contribution in [3.63, 3.8) is 0 Å². The molecule has 0 aromatic carbocycles. The van der Waals surface area contributed by atoms with Gasteiger partial charge in [0.15, 0.2) is 0 Å². The van der Waals surface area contributed by atoms with E-state index in [-0.39, 0.29) is 0 Å². The number of furan rings is 1. The van der Waals surface area contributed by atoms with Gasteiger partial charge < -0.3 is 9.73 Å². The molecule has 0 aliphatic rings. The molecule has 0 fully saturated rings. The lowest BCUT2D eigenvalue weighted by Crippen LogP contribution is -1.97. The molecule has 2 aromatic heterocycles. The second-order valence-corrected chi connectivity index (χ2v) is 3.27. The van der Waals surface area contributed by atoms with Crippen molar-refractivity contribution >= 4 is 16.7 Å². The van der Waals surface area contributed by atoms with E-state index < -0.39 is 0 Å². The first kappa shape index (κ1) is 8.18. The lowest BCUT2D eigenvalue weighted by Gasteiger charge is -1.96. The summed E-state index contributed by atoms with van der Waals surface area (Å²) >= 11 is 1.22. The summed E-state index contributed by atoms with van der Waals surface area (Å²) in [6, 6.07) is 3.85.